The van der Waals surface area contributed by atoms with Gasteiger partial charge in [0.25, 0.3) is 11.7 Å². The van der Waals surface area contributed by atoms with Crippen molar-refractivity contribution in [2.75, 3.05) is 27.2 Å². The summed E-state index contributed by atoms with van der Waals surface area (Å²) in [6, 6.07) is 8.50. The number of rotatable bonds is 6. The number of Topliss-reactive ketones (excluding diaryl/α,β-unsaturated/α-hetero) is 1. The molecular formula is C23H28N2O4. The summed E-state index contributed by atoms with van der Waals surface area (Å²) in [5, 5.41) is 11.1. The molecule has 0 spiro atoms. The molecular weight excluding hydrogens is 368 g/mol. The summed E-state index contributed by atoms with van der Waals surface area (Å²) in [7, 11) is 3.92. The number of aliphatic hydroxyl groups excluding tert-OH is 1. The molecule has 1 aromatic heterocycles. The van der Waals surface area contributed by atoms with E-state index in [9.17, 15) is 14.7 Å². The maximum absolute atomic E-state index is 13.0. The van der Waals surface area contributed by atoms with E-state index < -0.39 is 17.7 Å². The zero-order chi connectivity index (χ0) is 21.3. The Balaban J connectivity index is 2.11. The van der Waals surface area contributed by atoms with Crippen molar-refractivity contribution in [1.82, 2.24) is 9.80 Å². The quantitative estimate of drug-likeness (QED) is 0.459. The number of furan rings is 1. The molecule has 154 valence electrons. The molecule has 1 amide bonds. The van der Waals surface area contributed by atoms with Crippen LogP contribution in [0.25, 0.3) is 5.76 Å². The molecule has 1 fully saturated rings. The van der Waals surface area contributed by atoms with Crippen LogP contribution in [-0.4, -0.2) is 53.8 Å². The normalized spacial score (nSPS) is 18.8. The Bertz CT molecular complexity index is 971. The lowest BCUT2D eigenvalue weighted by Gasteiger charge is -2.24. The van der Waals surface area contributed by atoms with Crippen LogP contribution in [0, 0.1) is 20.8 Å². The smallest absolute Gasteiger partial charge is 0.295 e. The summed E-state index contributed by atoms with van der Waals surface area (Å²) in [4.78, 5) is 29.3. The zero-order valence-electron chi connectivity index (χ0n) is 17.7. The van der Waals surface area contributed by atoms with Crippen molar-refractivity contribution >= 4 is 17.4 Å². The second kappa shape index (κ2) is 8.25. The predicted octanol–water partition coefficient (Wildman–Crippen LogP) is 3.58. The van der Waals surface area contributed by atoms with Gasteiger partial charge in [0.05, 0.1) is 5.57 Å². The van der Waals surface area contributed by atoms with Gasteiger partial charge in [-0.25, -0.2) is 0 Å². The Labute approximate surface area is 171 Å². The molecule has 2 aromatic rings. The lowest BCUT2D eigenvalue weighted by molar-refractivity contribution is -0.140. The Morgan fingerprint density at radius 1 is 1.14 bits per heavy atom. The third kappa shape index (κ3) is 4.12. The predicted molar refractivity (Wildman–Crippen MR) is 112 cm³/mol. The molecule has 0 unspecified atom stereocenters. The first-order valence-corrected chi connectivity index (χ1v) is 9.77. The maximum Gasteiger partial charge on any atom is 0.295 e. The third-order valence-corrected chi connectivity index (χ3v) is 5.22. The molecule has 1 N–H and O–H groups in total. The van der Waals surface area contributed by atoms with Gasteiger partial charge in [-0.3, -0.25) is 9.59 Å². The van der Waals surface area contributed by atoms with Crippen LogP contribution in [0.4, 0.5) is 0 Å². The fraction of sp³-hybridized carbons (Fsp3) is 0.391. The van der Waals surface area contributed by atoms with E-state index in [1.807, 2.05) is 58.0 Å². The average molecular weight is 396 g/mol. The van der Waals surface area contributed by atoms with E-state index in [4.69, 9.17) is 4.42 Å². The SMILES string of the molecule is Cc1ccc(C)c(C(O)=C2C(=O)C(=O)N(CCCN(C)C)[C@H]2c2ccc(C)o2)c1. The van der Waals surface area contributed by atoms with Crippen LogP contribution in [0.2, 0.25) is 0 Å². The second-order valence-electron chi connectivity index (χ2n) is 7.92. The summed E-state index contributed by atoms with van der Waals surface area (Å²) in [5.74, 6) is -0.260. The molecule has 29 heavy (non-hydrogen) atoms. The number of amides is 1. The first kappa shape index (κ1) is 20.9. The Morgan fingerprint density at radius 3 is 2.48 bits per heavy atom. The third-order valence-electron chi connectivity index (χ3n) is 5.22. The van der Waals surface area contributed by atoms with Crippen molar-refractivity contribution in [3.05, 3.63) is 64.1 Å². The number of hydrogen-bond acceptors (Lipinski definition) is 5. The lowest BCUT2D eigenvalue weighted by Crippen LogP contribution is -2.32. The Morgan fingerprint density at radius 2 is 1.86 bits per heavy atom. The fourth-order valence-corrected chi connectivity index (χ4v) is 3.70. The van der Waals surface area contributed by atoms with Crippen LogP contribution in [0.3, 0.4) is 0 Å². The van der Waals surface area contributed by atoms with Gasteiger partial charge in [0.15, 0.2) is 0 Å². The number of likely N-dealkylation sites (tertiary alicyclic amines) is 1. The summed E-state index contributed by atoms with van der Waals surface area (Å²) in [6.07, 6.45) is 0.708. The zero-order valence-corrected chi connectivity index (χ0v) is 17.7. The van der Waals surface area contributed by atoms with Gasteiger partial charge in [0.1, 0.15) is 23.3 Å². The first-order chi connectivity index (χ1) is 13.7. The van der Waals surface area contributed by atoms with Crippen molar-refractivity contribution in [2.24, 2.45) is 0 Å². The highest BCUT2D eigenvalue weighted by molar-refractivity contribution is 6.46. The molecule has 3 rings (SSSR count). The van der Waals surface area contributed by atoms with Crippen molar-refractivity contribution in [3.63, 3.8) is 0 Å². The van der Waals surface area contributed by atoms with Crippen molar-refractivity contribution in [1.29, 1.82) is 0 Å². The summed E-state index contributed by atoms with van der Waals surface area (Å²) in [6.45, 7) is 6.78. The Hall–Kier alpha value is -2.86. The standard InChI is InChI=1S/C23H28N2O4/c1-14-7-8-15(2)17(13-14)21(26)19-20(18-10-9-16(3)29-18)25(23(28)22(19)27)12-6-11-24(4)5/h7-10,13,20,26H,6,11-12H2,1-5H3/t20-/m0/s1. The van der Waals surface area contributed by atoms with Crippen LogP contribution in [0.5, 0.6) is 0 Å². The van der Waals surface area contributed by atoms with Crippen molar-refractivity contribution < 1.29 is 19.1 Å². The molecule has 1 aliphatic heterocycles. The number of aliphatic hydroxyl groups is 1. The van der Waals surface area contributed by atoms with Crippen LogP contribution in [-0.2, 0) is 9.59 Å². The van der Waals surface area contributed by atoms with E-state index >= 15 is 0 Å². The van der Waals surface area contributed by atoms with Crippen LogP contribution >= 0.6 is 0 Å². The monoisotopic (exact) mass is 396 g/mol. The number of carbonyl (C=O) groups excluding carboxylic acids is 2. The number of carbonyl (C=O) groups is 2. The maximum atomic E-state index is 13.0. The second-order valence-corrected chi connectivity index (χ2v) is 7.92. The minimum atomic E-state index is -0.731. The summed E-state index contributed by atoms with van der Waals surface area (Å²) >= 11 is 0. The number of benzene rings is 1. The number of aryl methyl sites for hydroxylation is 3. The molecule has 2 heterocycles. The minimum Gasteiger partial charge on any atom is -0.507 e. The van der Waals surface area contributed by atoms with Crippen molar-refractivity contribution in [3.8, 4) is 0 Å². The van der Waals surface area contributed by atoms with Crippen LogP contribution < -0.4 is 0 Å². The topological polar surface area (TPSA) is 74.0 Å². The van der Waals surface area contributed by atoms with Gasteiger partial charge < -0.3 is 19.3 Å². The van der Waals surface area contributed by atoms with Gasteiger partial charge in [0, 0.05) is 12.1 Å². The highest BCUT2D eigenvalue weighted by atomic mass is 16.3. The van der Waals surface area contributed by atoms with E-state index in [1.54, 1.807) is 12.1 Å². The number of hydrogen-bond donors (Lipinski definition) is 1. The fourth-order valence-electron chi connectivity index (χ4n) is 3.70. The molecule has 0 bridgehead atoms. The van der Waals surface area contributed by atoms with Crippen molar-refractivity contribution in [2.45, 2.75) is 33.2 Å². The van der Waals surface area contributed by atoms with Gasteiger partial charge in [-0.1, -0.05) is 17.7 Å². The van der Waals surface area contributed by atoms with Gasteiger partial charge in [-0.05, 0) is 71.6 Å². The number of nitrogens with zero attached hydrogens (tertiary/aromatic N) is 2. The summed E-state index contributed by atoms with van der Waals surface area (Å²) in [5.41, 5.74) is 2.44. The molecule has 0 radical (unpaired) electrons. The molecule has 1 saturated heterocycles. The lowest BCUT2D eigenvalue weighted by atomic mass is 9.96. The molecule has 1 aliphatic rings. The van der Waals surface area contributed by atoms with Gasteiger partial charge in [-0.15, -0.1) is 0 Å². The highest BCUT2D eigenvalue weighted by Crippen LogP contribution is 2.40. The Kier molecular flexibility index (Phi) is 5.94. The molecule has 1 atom stereocenters. The molecule has 1 aromatic carbocycles. The molecule has 0 saturated carbocycles. The van der Waals surface area contributed by atoms with E-state index in [0.29, 0.717) is 30.0 Å². The van der Waals surface area contributed by atoms with Gasteiger partial charge in [-0.2, -0.15) is 0 Å². The average Bonchev–Trinajstić information content (AvgIpc) is 3.19. The number of ketones is 1. The molecule has 0 aliphatic carbocycles. The van der Waals surface area contributed by atoms with Gasteiger partial charge >= 0.3 is 0 Å². The van der Waals surface area contributed by atoms with E-state index in [0.717, 1.165) is 17.7 Å². The van der Waals surface area contributed by atoms with E-state index in [1.165, 1.54) is 4.90 Å². The highest BCUT2D eigenvalue weighted by Gasteiger charge is 2.47. The van der Waals surface area contributed by atoms with Gasteiger partial charge in [0.2, 0.25) is 0 Å². The molecule has 6 heteroatoms. The summed E-state index contributed by atoms with van der Waals surface area (Å²) < 4.78 is 5.79. The largest absolute Gasteiger partial charge is 0.507 e. The van der Waals surface area contributed by atoms with Crippen LogP contribution in [0.1, 0.15) is 40.7 Å². The molecule has 6 nitrogen and oxygen atoms in total. The van der Waals surface area contributed by atoms with E-state index in [-0.39, 0.29) is 11.3 Å². The van der Waals surface area contributed by atoms with E-state index in [2.05, 4.69) is 0 Å². The minimum absolute atomic E-state index is 0.0860. The van der Waals surface area contributed by atoms with Crippen LogP contribution in [0.15, 0.2) is 40.3 Å². The first-order valence-electron chi connectivity index (χ1n) is 9.77.